The van der Waals surface area contributed by atoms with Crippen molar-refractivity contribution in [2.45, 2.75) is 26.2 Å². The predicted molar refractivity (Wildman–Crippen MR) is 161 cm³/mol. The summed E-state index contributed by atoms with van der Waals surface area (Å²) in [4.78, 5) is 24.3. The quantitative estimate of drug-likeness (QED) is 0.168. The van der Waals surface area contributed by atoms with E-state index < -0.39 is 16.1 Å². The zero-order chi connectivity index (χ0) is 29.0. The lowest BCUT2D eigenvalue weighted by Gasteiger charge is -2.10. The summed E-state index contributed by atoms with van der Waals surface area (Å²) in [7, 11) is 11.3. The summed E-state index contributed by atoms with van der Waals surface area (Å²) in [6.07, 6.45) is 10.2. The second-order valence-corrected chi connectivity index (χ2v) is 18.6. The van der Waals surface area contributed by atoms with Crippen LogP contribution in [-0.2, 0) is 42.6 Å². The highest BCUT2D eigenvalue weighted by Gasteiger charge is 2.11. The molecule has 210 valence electrons. The molecule has 0 rings (SSSR count). The predicted octanol–water partition coefficient (Wildman–Crippen LogP) is 0.796. The molecule has 0 aliphatic heterocycles. The molecule has 0 saturated carbocycles. The number of hydrogen-bond donors (Lipinski definition) is 0. The van der Waals surface area contributed by atoms with E-state index in [2.05, 4.69) is 80.7 Å². The molecule has 0 aromatic heterocycles. The van der Waals surface area contributed by atoms with Crippen LogP contribution in [0.1, 0.15) is 0 Å². The van der Waals surface area contributed by atoms with Crippen LogP contribution in [0.5, 0.6) is 0 Å². The Morgan fingerprint density at radius 2 is 0.829 bits per heavy atom. The summed E-state index contributed by atoms with van der Waals surface area (Å²) in [6.45, 7) is 8.59. The zero-order valence-corrected chi connectivity index (χ0v) is 31.4. The van der Waals surface area contributed by atoms with Gasteiger partial charge in [-0.15, -0.1) is 23.9 Å². The lowest BCUT2D eigenvalue weighted by molar-refractivity contribution is -0.248. The van der Waals surface area contributed by atoms with Crippen LogP contribution in [0.4, 0.5) is 0 Å². The standard InChI is InChI=1S/C8H20O2Si3.C6H8Si.3C2H6O2.CH6OSi/c1-9-11-5-7-13(3,4)8-6-12-10-2;1-5-7(3,4)6-2;3*1-3-4-2;1-2-3/h5-8H,11-12H2,1-4H3;1-2H,3-4H3;3*1-2H3;1,3H3. The molecule has 0 atom stereocenters. The van der Waals surface area contributed by atoms with Crippen LogP contribution < -0.4 is 0 Å². The Bertz CT molecular complexity index is 457. The summed E-state index contributed by atoms with van der Waals surface area (Å²) < 4.78 is 14.6. The van der Waals surface area contributed by atoms with Gasteiger partial charge in [-0.05, 0) is 13.1 Å². The first kappa shape index (κ1) is 47.5. The van der Waals surface area contributed by atoms with Gasteiger partial charge in [0.25, 0.3) is 0 Å². The van der Waals surface area contributed by atoms with Gasteiger partial charge in [-0.2, -0.15) is 0 Å². The largest absolute Gasteiger partial charge is 0.431 e. The highest BCUT2D eigenvalue weighted by Crippen LogP contribution is 2.05. The van der Waals surface area contributed by atoms with E-state index in [-0.39, 0.29) is 19.5 Å². The van der Waals surface area contributed by atoms with Crippen LogP contribution in [0.3, 0.4) is 0 Å². The van der Waals surface area contributed by atoms with E-state index in [1.165, 1.54) is 42.7 Å². The van der Waals surface area contributed by atoms with Crippen molar-refractivity contribution < 1.29 is 42.6 Å². The van der Waals surface area contributed by atoms with Crippen LogP contribution in [0.2, 0.25) is 26.2 Å². The molecule has 14 heteroatoms. The zero-order valence-electron chi connectivity index (χ0n) is 24.6. The maximum atomic E-state index is 5.10. The van der Waals surface area contributed by atoms with E-state index in [1.807, 2.05) is 13.1 Å². The highest BCUT2D eigenvalue weighted by molar-refractivity contribution is 6.92. The lowest BCUT2D eigenvalue weighted by atomic mass is 11.2. The number of terminal acetylenes is 2. The molecule has 0 bridgehead atoms. The maximum absolute atomic E-state index is 5.10. The average Bonchev–Trinajstić information content (AvgIpc) is 2.85. The van der Waals surface area contributed by atoms with E-state index in [1.54, 1.807) is 21.3 Å². The SMILES string of the molecule is C#C[Si](C)(C)C#C.COOC.COOC.COOC.CO[SiH2]C=C[Si](C)(C)C=C[SiH2]OC.CO[SiH3]. The van der Waals surface area contributed by atoms with Gasteiger partial charge >= 0.3 is 0 Å². The fourth-order valence-corrected chi connectivity index (χ4v) is 7.20. The Hall–Kier alpha value is -0.676. The van der Waals surface area contributed by atoms with Crippen molar-refractivity contribution >= 4 is 46.2 Å². The van der Waals surface area contributed by atoms with Crippen molar-refractivity contribution in [3.8, 4) is 23.9 Å². The molecule has 0 heterocycles. The molecule has 0 unspecified atom stereocenters. The van der Waals surface area contributed by atoms with Gasteiger partial charge in [-0.3, -0.25) is 0 Å². The Labute approximate surface area is 225 Å². The molecule has 0 aliphatic carbocycles. The Morgan fingerprint density at radius 3 is 0.943 bits per heavy atom. The molecule has 0 saturated heterocycles. The van der Waals surface area contributed by atoms with Crippen molar-refractivity contribution in [1.82, 2.24) is 0 Å². The summed E-state index contributed by atoms with van der Waals surface area (Å²) in [6, 6.07) is 0. The molecular weight excluding hydrogens is 537 g/mol. The first-order valence-electron chi connectivity index (χ1n) is 10.3. The smallest absolute Gasteiger partial charge is 0.210 e. The van der Waals surface area contributed by atoms with Crippen molar-refractivity contribution in [3.63, 3.8) is 0 Å². The topological polar surface area (TPSA) is 83.1 Å². The summed E-state index contributed by atoms with van der Waals surface area (Å²) in [5.41, 5.74) is 14.4. The Balaban J connectivity index is -0.0000000807. The molecule has 0 aliphatic rings. The van der Waals surface area contributed by atoms with Crippen molar-refractivity contribution in [3.05, 3.63) is 22.8 Å². The summed E-state index contributed by atoms with van der Waals surface area (Å²) in [5, 5.41) is 0. The molecule has 0 radical (unpaired) electrons. The Kier molecular flexibility index (Phi) is 58.9. The molecule has 0 aromatic rings. The van der Waals surface area contributed by atoms with Crippen molar-refractivity contribution in [2.75, 3.05) is 64.0 Å². The summed E-state index contributed by atoms with van der Waals surface area (Å²) in [5.74, 6) is 0. The van der Waals surface area contributed by atoms with Gasteiger partial charge in [0.1, 0.15) is 10.5 Å². The normalized spacial score (nSPS) is 10.6. The van der Waals surface area contributed by atoms with E-state index in [9.17, 15) is 0 Å². The van der Waals surface area contributed by atoms with Crippen LogP contribution in [0, 0.1) is 23.9 Å². The van der Waals surface area contributed by atoms with Crippen LogP contribution >= 0.6 is 0 Å². The molecule has 0 aromatic carbocycles. The van der Waals surface area contributed by atoms with Crippen molar-refractivity contribution in [1.29, 1.82) is 0 Å². The highest BCUT2D eigenvalue weighted by atomic mass is 28.3. The fraction of sp³-hybridized carbons (Fsp3) is 0.619. The second kappa shape index (κ2) is 43.4. The lowest BCUT2D eigenvalue weighted by Crippen LogP contribution is -2.20. The van der Waals surface area contributed by atoms with Crippen LogP contribution in [-0.4, -0.2) is 110 Å². The molecular formula is C21H52O9Si5. The Morgan fingerprint density at radius 1 is 0.600 bits per heavy atom. The molecule has 0 spiro atoms. The van der Waals surface area contributed by atoms with Gasteiger partial charge in [0, 0.05) is 21.3 Å². The van der Waals surface area contributed by atoms with Gasteiger partial charge in [-0.25, -0.2) is 29.3 Å². The molecule has 35 heavy (non-hydrogen) atoms. The van der Waals surface area contributed by atoms with Gasteiger partial charge in [0.15, 0.2) is 19.5 Å². The van der Waals surface area contributed by atoms with Crippen LogP contribution in [0.15, 0.2) is 22.8 Å². The van der Waals surface area contributed by atoms with Gasteiger partial charge in [-0.1, -0.05) is 35.9 Å². The monoisotopic (exact) mass is 588 g/mol. The first-order chi connectivity index (χ1) is 16.4. The van der Waals surface area contributed by atoms with Gasteiger partial charge in [0.2, 0.25) is 8.07 Å². The number of rotatable bonds is 9. The third-order valence-electron chi connectivity index (χ3n) is 2.84. The minimum Gasteiger partial charge on any atom is -0.431 e. The molecule has 0 N–H and O–H groups in total. The van der Waals surface area contributed by atoms with Gasteiger partial charge < -0.3 is 13.3 Å². The minimum atomic E-state index is -1.60. The van der Waals surface area contributed by atoms with Crippen molar-refractivity contribution in [2.24, 2.45) is 0 Å². The third kappa shape index (κ3) is 79.2. The first-order valence-corrected chi connectivity index (χ1v) is 20.1. The van der Waals surface area contributed by atoms with E-state index in [4.69, 9.17) is 21.7 Å². The van der Waals surface area contributed by atoms with E-state index >= 15 is 0 Å². The maximum Gasteiger partial charge on any atom is 0.210 e. The van der Waals surface area contributed by atoms with E-state index in [0.717, 1.165) is 10.5 Å². The second-order valence-electron chi connectivity index (χ2n) is 6.86. The van der Waals surface area contributed by atoms with Gasteiger partial charge in [0.05, 0.1) is 50.7 Å². The van der Waals surface area contributed by atoms with E-state index in [0.29, 0.717) is 0 Å². The summed E-state index contributed by atoms with van der Waals surface area (Å²) >= 11 is 0. The molecule has 0 fully saturated rings. The fourth-order valence-electron chi connectivity index (χ4n) is 0.993. The minimum absolute atomic E-state index is 0.386. The average molecular weight is 589 g/mol. The molecule has 0 amide bonds. The molecule has 9 nitrogen and oxygen atoms in total. The third-order valence-corrected chi connectivity index (χ3v) is 8.94. The number of hydrogen-bond acceptors (Lipinski definition) is 9. The van der Waals surface area contributed by atoms with Crippen LogP contribution in [0.25, 0.3) is 0 Å².